The van der Waals surface area contributed by atoms with Crippen molar-refractivity contribution in [3.63, 3.8) is 0 Å². The van der Waals surface area contributed by atoms with Gasteiger partial charge >= 0.3 is 0 Å². The molecule has 1 aromatic carbocycles. The molecule has 138 valence electrons. The van der Waals surface area contributed by atoms with E-state index in [2.05, 4.69) is 28.9 Å². The zero-order valence-electron chi connectivity index (χ0n) is 15.3. The highest BCUT2D eigenvalue weighted by atomic mass is 19.1. The minimum absolute atomic E-state index is 0.0626. The predicted molar refractivity (Wildman–Crippen MR) is 98.0 cm³/mol. The summed E-state index contributed by atoms with van der Waals surface area (Å²) in [6, 6.07) is 10.4. The molecular weight excluding hydrogens is 331 g/mol. The van der Waals surface area contributed by atoms with Crippen molar-refractivity contribution < 1.29 is 9.18 Å². The highest BCUT2D eigenvalue weighted by Crippen LogP contribution is 2.21. The van der Waals surface area contributed by atoms with Gasteiger partial charge in [0.05, 0.1) is 0 Å². The van der Waals surface area contributed by atoms with Gasteiger partial charge in [0.15, 0.2) is 5.69 Å². The van der Waals surface area contributed by atoms with Gasteiger partial charge in [-0.3, -0.25) is 9.69 Å². The van der Waals surface area contributed by atoms with Crippen LogP contribution < -0.4 is 0 Å². The molecule has 0 bridgehead atoms. The number of nitrogens with zero attached hydrogens (tertiary/aromatic N) is 4. The molecule has 1 amide bonds. The molecule has 2 heterocycles. The Morgan fingerprint density at radius 3 is 2.65 bits per heavy atom. The summed E-state index contributed by atoms with van der Waals surface area (Å²) in [5, 5.41) is 7.78. The number of carbonyl (C=O) groups is 1. The number of carbonyl (C=O) groups excluding carboxylic acids is 1. The van der Waals surface area contributed by atoms with Gasteiger partial charge in [0.2, 0.25) is 0 Å². The zero-order chi connectivity index (χ0) is 18.5. The second kappa shape index (κ2) is 8.36. The Morgan fingerprint density at radius 1 is 1.23 bits per heavy atom. The molecule has 1 aliphatic heterocycles. The lowest BCUT2D eigenvalue weighted by molar-refractivity contribution is 0.0695. The van der Waals surface area contributed by atoms with E-state index in [1.54, 1.807) is 18.3 Å². The van der Waals surface area contributed by atoms with Crippen molar-refractivity contribution in [2.45, 2.75) is 32.9 Å². The topological polar surface area (TPSA) is 49.3 Å². The van der Waals surface area contributed by atoms with Gasteiger partial charge in [-0.2, -0.15) is 5.10 Å². The lowest BCUT2D eigenvalue weighted by atomic mass is 10.0. The first-order valence-corrected chi connectivity index (χ1v) is 9.10. The Kier molecular flexibility index (Phi) is 5.93. The molecule has 2 aromatic rings. The lowest BCUT2D eigenvalue weighted by Crippen LogP contribution is -2.45. The maximum Gasteiger partial charge on any atom is 0.274 e. The molecule has 1 aromatic heterocycles. The van der Waals surface area contributed by atoms with Gasteiger partial charge in [-0.1, -0.05) is 26.0 Å². The molecule has 1 aliphatic rings. The molecule has 3 rings (SSSR count). The summed E-state index contributed by atoms with van der Waals surface area (Å²) in [4.78, 5) is 17.1. The van der Waals surface area contributed by atoms with Crippen LogP contribution in [0.1, 0.15) is 36.3 Å². The van der Waals surface area contributed by atoms with Gasteiger partial charge in [0.25, 0.3) is 5.91 Å². The smallest absolute Gasteiger partial charge is 0.274 e. The van der Waals surface area contributed by atoms with Gasteiger partial charge < -0.3 is 4.90 Å². The van der Waals surface area contributed by atoms with Crippen molar-refractivity contribution in [1.82, 2.24) is 20.0 Å². The van der Waals surface area contributed by atoms with Crippen LogP contribution in [0.5, 0.6) is 0 Å². The molecule has 0 unspecified atom stereocenters. The summed E-state index contributed by atoms with van der Waals surface area (Å²) in [6.45, 7) is 7.39. The number of benzene rings is 1. The Morgan fingerprint density at radius 2 is 2.00 bits per heavy atom. The van der Waals surface area contributed by atoms with Gasteiger partial charge in [-0.15, -0.1) is 5.10 Å². The molecule has 1 saturated heterocycles. The van der Waals surface area contributed by atoms with Crippen LogP contribution in [0.15, 0.2) is 42.6 Å². The third-order valence-corrected chi connectivity index (χ3v) is 4.90. The van der Waals surface area contributed by atoms with E-state index in [0.29, 0.717) is 24.7 Å². The molecule has 1 atom stereocenters. The Balaban J connectivity index is 1.75. The first-order chi connectivity index (χ1) is 12.5. The Hall–Kier alpha value is -2.34. The van der Waals surface area contributed by atoms with Crippen LogP contribution in [0.2, 0.25) is 0 Å². The average molecular weight is 356 g/mol. The van der Waals surface area contributed by atoms with E-state index >= 15 is 0 Å². The summed E-state index contributed by atoms with van der Waals surface area (Å²) >= 11 is 0. The van der Waals surface area contributed by atoms with Crippen LogP contribution in [-0.2, 0) is 6.54 Å². The fourth-order valence-electron chi connectivity index (χ4n) is 3.48. The molecule has 0 saturated carbocycles. The molecule has 0 spiro atoms. The summed E-state index contributed by atoms with van der Waals surface area (Å²) in [7, 11) is 0. The van der Waals surface area contributed by atoms with Crippen molar-refractivity contribution in [2.75, 3.05) is 19.6 Å². The lowest BCUT2D eigenvalue weighted by Gasteiger charge is -2.34. The second-order valence-electron chi connectivity index (χ2n) is 7.12. The summed E-state index contributed by atoms with van der Waals surface area (Å²) in [5.74, 6) is 0.115. The first-order valence-electron chi connectivity index (χ1n) is 9.10. The van der Waals surface area contributed by atoms with E-state index in [9.17, 15) is 9.18 Å². The van der Waals surface area contributed by atoms with Crippen LogP contribution in [0.4, 0.5) is 4.39 Å². The fraction of sp³-hybridized carbons (Fsp3) is 0.450. The summed E-state index contributed by atoms with van der Waals surface area (Å²) < 4.78 is 13.2. The van der Waals surface area contributed by atoms with E-state index in [0.717, 1.165) is 25.1 Å². The Bertz CT molecular complexity index is 720. The van der Waals surface area contributed by atoms with Gasteiger partial charge in [0, 0.05) is 38.4 Å². The summed E-state index contributed by atoms with van der Waals surface area (Å²) in [6.07, 6.45) is 2.47. The second-order valence-corrected chi connectivity index (χ2v) is 7.12. The van der Waals surface area contributed by atoms with Crippen molar-refractivity contribution in [3.8, 4) is 0 Å². The molecule has 0 N–H and O–H groups in total. The average Bonchev–Trinajstić information content (AvgIpc) is 2.86. The molecule has 0 radical (unpaired) electrons. The quantitative estimate of drug-likeness (QED) is 0.845. The molecular formula is C20H25FN4O. The van der Waals surface area contributed by atoms with E-state index in [4.69, 9.17) is 0 Å². The molecule has 1 fully saturated rings. The Labute approximate surface area is 153 Å². The normalized spacial score (nSPS) is 18.8. The van der Waals surface area contributed by atoms with E-state index < -0.39 is 0 Å². The maximum atomic E-state index is 13.2. The highest BCUT2D eigenvalue weighted by Gasteiger charge is 2.30. The fourth-order valence-corrected chi connectivity index (χ4v) is 3.48. The molecule has 5 nitrogen and oxygen atoms in total. The minimum Gasteiger partial charge on any atom is -0.336 e. The van der Waals surface area contributed by atoms with Gasteiger partial charge in [0.1, 0.15) is 5.82 Å². The largest absolute Gasteiger partial charge is 0.336 e. The number of halogens is 1. The van der Waals surface area contributed by atoms with E-state index in [1.165, 1.54) is 12.1 Å². The third-order valence-electron chi connectivity index (χ3n) is 4.90. The van der Waals surface area contributed by atoms with E-state index in [1.807, 2.05) is 17.0 Å². The highest BCUT2D eigenvalue weighted by molar-refractivity contribution is 5.92. The van der Waals surface area contributed by atoms with Crippen molar-refractivity contribution in [1.29, 1.82) is 0 Å². The first kappa shape index (κ1) is 18.5. The maximum absolute atomic E-state index is 13.2. The van der Waals surface area contributed by atoms with Crippen molar-refractivity contribution in [2.24, 2.45) is 5.92 Å². The number of aromatic nitrogens is 2. The number of hydrogen-bond acceptors (Lipinski definition) is 4. The van der Waals surface area contributed by atoms with Crippen LogP contribution in [0.3, 0.4) is 0 Å². The zero-order valence-corrected chi connectivity index (χ0v) is 15.3. The van der Waals surface area contributed by atoms with E-state index in [-0.39, 0.29) is 17.8 Å². The van der Waals surface area contributed by atoms with Gasteiger partial charge in [-0.05, 0) is 42.2 Å². The SMILES string of the molecule is CC(C)[C@H]1CN(C(=O)c2cccnn2)CCCN1Cc1ccc(F)cc1. The van der Waals surface area contributed by atoms with Crippen molar-refractivity contribution >= 4 is 5.91 Å². The third kappa shape index (κ3) is 4.43. The minimum atomic E-state index is -0.217. The molecule has 6 heteroatoms. The van der Waals surface area contributed by atoms with Crippen LogP contribution in [0, 0.1) is 11.7 Å². The number of rotatable bonds is 4. The standard InChI is InChI=1S/C20H25FN4O/c1-15(2)19-14-25(20(26)18-5-3-10-22-23-18)12-4-11-24(19)13-16-6-8-17(21)9-7-16/h3,5-10,15,19H,4,11-14H2,1-2H3/t19-/m1/s1. The monoisotopic (exact) mass is 356 g/mol. The van der Waals surface area contributed by atoms with Crippen LogP contribution in [0.25, 0.3) is 0 Å². The molecule has 0 aliphatic carbocycles. The van der Waals surface area contributed by atoms with Gasteiger partial charge in [-0.25, -0.2) is 4.39 Å². The molecule has 26 heavy (non-hydrogen) atoms. The van der Waals surface area contributed by atoms with Crippen molar-refractivity contribution in [3.05, 3.63) is 59.7 Å². The summed E-state index contributed by atoms with van der Waals surface area (Å²) in [5.41, 5.74) is 1.48. The number of amides is 1. The van der Waals surface area contributed by atoms with Crippen LogP contribution >= 0.6 is 0 Å². The number of hydrogen-bond donors (Lipinski definition) is 0. The predicted octanol–water partition coefficient (Wildman–Crippen LogP) is 2.99. The van der Waals surface area contributed by atoms with Crippen LogP contribution in [-0.4, -0.2) is 51.6 Å².